The summed E-state index contributed by atoms with van der Waals surface area (Å²) in [4.78, 5) is 22.6. The number of benzene rings is 1. The van der Waals surface area contributed by atoms with Crippen molar-refractivity contribution in [1.29, 1.82) is 0 Å². The van der Waals surface area contributed by atoms with Gasteiger partial charge in [-0.3, -0.25) is 10.1 Å². The molecule has 1 aliphatic carbocycles. The lowest BCUT2D eigenvalue weighted by molar-refractivity contribution is -0.133. The lowest BCUT2D eigenvalue weighted by atomic mass is 9.84. The Morgan fingerprint density at radius 1 is 1.29 bits per heavy atom. The lowest BCUT2D eigenvalue weighted by Crippen LogP contribution is -2.57. The molecule has 2 aliphatic rings. The Kier molecular flexibility index (Phi) is 3.88. The van der Waals surface area contributed by atoms with Gasteiger partial charge in [0, 0.05) is 25.7 Å². The average molecular weight is 324 g/mol. The second-order valence-electron chi connectivity index (χ2n) is 7.10. The Hall–Kier alpha value is -2.14. The Bertz CT molecular complexity index is 718. The highest BCUT2D eigenvalue weighted by Crippen LogP contribution is 2.42. The van der Waals surface area contributed by atoms with Crippen molar-refractivity contribution in [2.24, 2.45) is 0 Å². The smallest absolute Gasteiger partial charge is 0.240 e. The molecule has 1 saturated carbocycles. The topological polar surface area (TPSA) is 61.0 Å². The molecule has 2 aromatic rings. The molecule has 2 heterocycles. The van der Waals surface area contributed by atoms with E-state index in [4.69, 9.17) is 0 Å². The minimum absolute atomic E-state index is 0.110. The summed E-state index contributed by atoms with van der Waals surface area (Å²) >= 11 is 0. The fourth-order valence-electron chi connectivity index (χ4n) is 4.26. The number of imidazole rings is 1. The Balaban J connectivity index is 1.53. The molecule has 1 aliphatic heterocycles. The van der Waals surface area contributed by atoms with Crippen LogP contribution < -0.4 is 5.32 Å². The molecule has 1 atom stereocenters. The summed E-state index contributed by atoms with van der Waals surface area (Å²) in [5.74, 6) is 0.158. The van der Waals surface area contributed by atoms with Crippen LogP contribution in [-0.2, 0) is 23.3 Å². The number of H-pyrrole nitrogens is 1. The summed E-state index contributed by atoms with van der Waals surface area (Å²) in [6.07, 6.45) is 6.98. The van der Waals surface area contributed by atoms with Crippen molar-refractivity contribution < 1.29 is 4.79 Å². The van der Waals surface area contributed by atoms with E-state index in [1.54, 1.807) is 6.33 Å². The van der Waals surface area contributed by atoms with E-state index in [1.165, 1.54) is 12.8 Å². The number of aromatic amines is 1. The minimum atomic E-state index is -0.176. The molecular formula is C19H24N4O. The molecule has 5 nitrogen and oxygen atoms in total. The highest BCUT2D eigenvalue weighted by atomic mass is 16.2. The van der Waals surface area contributed by atoms with Crippen LogP contribution in [0.2, 0.25) is 0 Å². The van der Waals surface area contributed by atoms with Crippen LogP contribution in [0.5, 0.6) is 0 Å². The van der Waals surface area contributed by atoms with Crippen LogP contribution in [0.15, 0.2) is 36.7 Å². The molecule has 126 valence electrons. The molecule has 1 aromatic carbocycles. The van der Waals surface area contributed by atoms with Crippen LogP contribution in [0.25, 0.3) is 0 Å². The van der Waals surface area contributed by atoms with Crippen molar-refractivity contribution in [3.8, 4) is 0 Å². The molecule has 2 N–H and O–H groups in total. The van der Waals surface area contributed by atoms with Crippen molar-refractivity contribution in [2.45, 2.75) is 50.2 Å². The lowest BCUT2D eigenvalue weighted by Gasteiger charge is -2.39. The molecule has 24 heavy (non-hydrogen) atoms. The van der Waals surface area contributed by atoms with E-state index >= 15 is 0 Å². The number of amides is 1. The molecule has 5 heteroatoms. The maximum absolute atomic E-state index is 13.0. The van der Waals surface area contributed by atoms with Gasteiger partial charge in [0.15, 0.2) is 0 Å². The second kappa shape index (κ2) is 6.06. The number of carbonyl (C=O) groups is 1. The summed E-state index contributed by atoms with van der Waals surface area (Å²) in [6.45, 7) is 0.640. The first-order valence-corrected chi connectivity index (χ1v) is 8.77. The Labute approximate surface area is 142 Å². The van der Waals surface area contributed by atoms with Gasteiger partial charge in [-0.2, -0.15) is 0 Å². The zero-order valence-electron chi connectivity index (χ0n) is 14.1. The number of fused-ring (bicyclic) bond motifs is 2. The van der Waals surface area contributed by atoms with E-state index in [9.17, 15) is 4.79 Å². The van der Waals surface area contributed by atoms with Crippen molar-refractivity contribution in [3.05, 3.63) is 53.6 Å². The number of carbonyl (C=O) groups excluding carboxylic acids is 1. The first-order chi connectivity index (χ1) is 11.7. The zero-order valence-corrected chi connectivity index (χ0v) is 14.1. The number of hydrogen-bond acceptors (Lipinski definition) is 3. The van der Waals surface area contributed by atoms with Crippen LogP contribution >= 0.6 is 0 Å². The van der Waals surface area contributed by atoms with E-state index in [-0.39, 0.29) is 17.5 Å². The van der Waals surface area contributed by atoms with E-state index in [2.05, 4.69) is 27.4 Å². The van der Waals surface area contributed by atoms with Gasteiger partial charge in [0.1, 0.15) is 0 Å². The molecular weight excluding hydrogens is 300 g/mol. The molecule has 1 fully saturated rings. The van der Waals surface area contributed by atoms with E-state index in [0.29, 0.717) is 13.0 Å². The number of likely N-dealkylation sites (N-methyl/N-ethyl adjacent to an activating group) is 1. The number of nitrogens with one attached hydrogen (secondary N) is 2. The second-order valence-corrected chi connectivity index (χ2v) is 7.10. The molecule has 1 unspecified atom stereocenters. The van der Waals surface area contributed by atoms with Crippen LogP contribution in [0, 0.1) is 0 Å². The molecule has 0 bridgehead atoms. The third kappa shape index (κ3) is 2.63. The van der Waals surface area contributed by atoms with Gasteiger partial charge in [0.2, 0.25) is 5.91 Å². The van der Waals surface area contributed by atoms with Gasteiger partial charge in [0.05, 0.1) is 23.6 Å². The maximum Gasteiger partial charge on any atom is 0.240 e. The highest BCUT2D eigenvalue weighted by Gasteiger charge is 2.45. The molecule has 1 spiro atoms. The molecule has 0 saturated heterocycles. The minimum Gasteiger partial charge on any atom is -0.348 e. The van der Waals surface area contributed by atoms with E-state index < -0.39 is 0 Å². The van der Waals surface area contributed by atoms with Gasteiger partial charge in [0.25, 0.3) is 0 Å². The number of aromatic nitrogens is 2. The fraction of sp³-hybridized carbons (Fsp3) is 0.474. The first kappa shape index (κ1) is 15.4. The van der Waals surface area contributed by atoms with E-state index in [1.807, 2.05) is 30.1 Å². The Morgan fingerprint density at radius 2 is 2.04 bits per heavy atom. The van der Waals surface area contributed by atoms with Gasteiger partial charge < -0.3 is 9.88 Å². The maximum atomic E-state index is 13.0. The first-order valence-electron chi connectivity index (χ1n) is 8.77. The van der Waals surface area contributed by atoms with Gasteiger partial charge >= 0.3 is 0 Å². The quantitative estimate of drug-likeness (QED) is 0.911. The van der Waals surface area contributed by atoms with Gasteiger partial charge in [-0.15, -0.1) is 0 Å². The SMILES string of the molecule is CN(Cc1ccccc1)C(=O)C1Cc2[nH]cnc2C2(CCCC2)N1. The predicted molar refractivity (Wildman–Crippen MR) is 92.3 cm³/mol. The fourth-order valence-corrected chi connectivity index (χ4v) is 4.26. The van der Waals surface area contributed by atoms with Crippen molar-refractivity contribution in [2.75, 3.05) is 7.05 Å². The molecule has 1 aromatic heterocycles. The standard InChI is InChI=1S/C19H24N4O/c1-23(12-14-7-3-2-4-8-14)18(24)16-11-15-17(21-13-20-15)19(22-16)9-5-6-10-19/h2-4,7-8,13,16,22H,5-6,9-12H2,1H3,(H,20,21). The summed E-state index contributed by atoms with van der Waals surface area (Å²) in [6, 6.07) is 9.96. The van der Waals surface area contributed by atoms with E-state index in [0.717, 1.165) is 29.8 Å². The van der Waals surface area contributed by atoms with Crippen LogP contribution in [-0.4, -0.2) is 33.9 Å². The van der Waals surface area contributed by atoms with Crippen molar-refractivity contribution >= 4 is 5.91 Å². The number of nitrogens with zero attached hydrogens (tertiary/aromatic N) is 2. The van der Waals surface area contributed by atoms with Gasteiger partial charge in [-0.1, -0.05) is 43.2 Å². The average Bonchev–Trinajstić information content (AvgIpc) is 3.25. The zero-order chi connectivity index (χ0) is 16.6. The molecule has 0 radical (unpaired) electrons. The van der Waals surface area contributed by atoms with Crippen LogP contribution in [0.3, 0.4) is 0 Å². The summed E-state index contributed by atoms with van der Waals surface area (Å²) in [5, 5.41) is 3.66. The number of hydrogen-bond donors (Lipinski definition) is 2. The van der Waals surface area contributed by atoms with Crippen molar-refractivity contribution in [3.63, 3.8) is 0 Å². The Morgan fingerprint density at radius 3 is 2.79 bits per heavy atom. The van der Waals surface area contributed by atoms with Crippen LogP contribution in [0.1, 0.15) is 42.6 Å². The van der Waals surface area contributed by atoms with Crippen LogP contribution in [0.4, 0.5) is 0 Å². The summed E-state index contributed by atoms with van der Waals surface area (Å²) < 4.78 is 0. The predicted octanol–water partition coefficient (Wildman–Crippen LogP) is 2.35. The third-order valence-electron chi connectivity index (χ3n) is 5.42. The van der Waals surface area contributed by atoms with Gasteiger partial charge in [-0.05, 0) is 18.4 Å². The third-order valence-corrected chi connectivity index (χ3v) is 5.42. The largest absolute Gasteiger partial charge is 0.348 e. The molecule has 1 amide bonds. The summed E-state index contributed by atoms with van der Waals surface area (Å²) in [5.41, 5.74) is 3.31. The monoisotopic (exact) mass is 324 g/mol. The normalized spacial score (nSPS) is 21.6. The van der Waals surface area contributed by atoms with Crippen molar-refractivity contribution in [1.82, 2.24) is 20.2 Å². The summed E-state index contributed by atoms with van der Waals surface area (Å²) in [7, 11) is 1.89. The number of rotatable bonds is 3. The highest BCUT2D eigenvalue weighted by molar-refractivity contribution is 5.82. The van der Waals surface area contributed by atoms with Gasteiger partial charge in [-0.25, -0.2) is 4.98 Å². The molecule has 4 rings (SSSR count).